The maximum absolute atomic E-state index is 10.6. The van der Waals surface area contributed by atoms with Gasteiger partial charge in [-0.2, -0.15) is 5.26 Å². The summed E-state index contributed by atoms with van der Waals surface area (Å²) in [5, 5.41) is 10.6. The zero-order chi connectivity index (χ0) is 19.6. The molecule has 1 heterocycles. The van der Waals surface area contributed by atoms with Gasteiger partial charge in [0.2, 0.25) is 0 Å². The summed E-state index contributed by atoms with van der Waals surface area (Å²) in [6.07, 6.45) is -0.865. The molecule has 140 valence electrons. The van der Waals surface area contributed by atoms with E-state index < -0.39 is 17.3 Å². The lowest BCUT2D eigenvalue weighted by molar-refractivity contribution is -0.149. The van der Waals surface area contributed by atoms with Crippen LogP contribution in [-0.2, 0) is 14.9 Å². The minimum absolute atomic E-state index is 0.365. The van der Waals surface area contributed by atoms with Gasteiger partial charge in [0.25, 0.3) is 0 Å². The predicted molar refractivity (Wildman–Crippen MR) is 108 cm³/mol. The fourth-order valence-corrected chi connectivity index (χ4v) is 4.05. The molecule has 0 aliphatic carbocycles. The molecular formula is C25H23NO2. The molecule has 2 atom stereocenters. The molecule has 0 saturated carbocycles. The average molecular weight is 369 g/mol. The summed E-state index contributed by atoms with van der Waals surface area (Å²) in [4.78, 5) is 0. The maximum Gasteiger partial charge on any atom is 0.164 e. The Hall–Kier alpha value is -2.93. The Balaban J connectivity index is 1.94. The third-order valence-electron chi connectivity index (χ3n) is 5.29. The summed E-state index contributed by atoms with van der Waals surface area (Å²) in [7, 11) is 0. The highest BCUT2D eigenvalue weighted by Crippen LogP contribution is 2.49. The summed E-state index contributed by atoms with van der Waals surface area (Å²) in [5.74, 6) is -0.795. The molecule has 3 heteroatoms. The summed E-state index contributed by atoms with van der Waals surface area (Å²) in [6.45, 7) is 3.81. The topological polar surface area (TPSA) is 42.2 Å². The minimum atomic E-state index is -1.00. The monoisotopic (exact) mass is 369 g/mol. The highest BCUT2D eigenvalue weighted by Gasteiger charge is 2.55. The molecule has 3 nitrogen and oxygen atoms in total. The summed E-state index contributed by atoms with van der Waals surface area (Å²) >= 11 is 0. The van der Waals surface area contributed by atoms with Gasteiger partial charge in [-0.3, -0.25) is 0 Å². The van der Waals surface area contributed by atoms with Crippen molar-refractivity contribution in [3.63, 3.8) is 0 Å². The molecule has 0 aromatic heterocycles. The highest BCUT2D eigenvalue weighted by atomic mass is 16.8. The Kier molecular flexibility index (Phi) is 4.77. The van der Waals surface area contributed by atoms with Gasteiger partial charge >= 0.3 is 0 Å². The van der Waals surface area contributed by atoms with Gasteiger partial charge in [0.05, 0.1) is 6.07 Å². The van der Waals surface area contributed by atoms with Crippen LogP contribution in [0, 0.1) is 11.3 Å². The van der Waals surface area contributed by atoms with Crippen molar-refractivity contribution < 1.29 is 9.47 Å². The number of rotatable bonds is 4. The SMILES string of the molecule is CC1(C)O[C@@H](C(C#N)(c2ccccc2)c2ccccc2)[C@H](c2ccccc2)O1. The van der Waals surface area contributed by atoms with Crippen molar-refractivity contribution in [2.45, 2.75) is 37.3 Å². The molecule has 0 amide bonds. The Morgan fingerprint density at radius 3 is 1.68 bits per heavy atom. The van der Waals surface area contributed by atoms with Gasteiger partial charge < -0.3 is 9.47 Å². The summed E-state index contributed by atoms with van der Waals surface area (Å²) in [6, 6.07) is 32.4. The smallest absolute Gasteiger partial charge is 0.164 e. The molecule has 1 aliphatic heterocycles. The van der Waals surface area contributed by atoms with E-state index in [1.807, 2.05) is 105 Å². The Morgan fingerprint density at radius 2 is 1.21 bits per heavy atom. The maximum atomic E-state index is 10.6. The van der Waals surface area contributed by atoms with Crippen molar-refractivity contribution in [2.75, 3.05) is 0 Å². The lowest BCUT2D eigenvalue weighted by Gasteiger charge is -2.35. The number of hydrogen-bond acceptors (Lipinski definition) is 3. The van der Waals surface area contributed by atoms with Crippen LogP contribution in [0.3, 0.4) is 0 Å². The van der Waals surface area contributed by atoms with Gasteiger partial charge in [0.15, 0.2) is 5.79 Å². The lowest BCUT2D eigenvalue weighted by atomic mass is 9.69. The van der Waals surface area contributed by atoms with Crippen LogP contribution >= 0.6 is 0 Å². The third-order valence-corrected chi connectivity index (χ3v) is 5.29. The summed E-state index contributed by atoms with van der Waals surface area (Å²) < 4.78 is 12.8. The second kappa shape index (κ2) is 7.24. The van der Waals surface area contributed by atoms with E-state index >= 15 is 0 Å². The normalized spacial score (nSPS) is 21.2. The average Bonchev–Trinajstić information content (AvgIpc) is 3.07. The molecule has 0 N–H and O–H groups in total. The van der Waals surface area contributed by atoms with Crippen LogP contribution < -0.4 is 0 Å². The molecule has 0 radical (unpaired) electrons. The first-order valence-electron chi connectivity index (χ1n) is 9.50. The number of nitriles is 1. The number of nitrogens with zero attached hydrogens (tertiary/aromatic N) is 1. The van der Waals surface area contributed by atoms with Gasteiger partial charge in [0, 0.05) is 0 Å². The summed E-state index contributed by atoms with van der Waals surface area (Å²) in [5.41, 5.74) is 1.80. The third kappa shape index (κ3) is 3.11. The molecule has 1 saturated heterocycles. The molecule has 0 spiro atoms. The molecule has 0 bridgehead atoms. The fraction of sp³-hybridized carbons (Fsp3) is 0.240. The van der Waals surface area contributed by atoms with E-state index in [2.05, 4.69) is 6.07 Å². The lowest BCUT2D eigenvalue weighted by Crippen LogP contribution is -2.43. The van der Waals surface area contributed by atoms with Crippen molar-refractivity contribution >= 4 is 0 Å². The molecule has 0 unspecified atom stereocenters. The molecule has 3 aromatic rings. The van der Waals surface area contributed by atoms with Crippen LogP contribution in [0.5, 0.6) is 0 Å². The zero-order valence-electron chi connectivity index (χ0n) is 16.1. The predicted octanol–water partition coefficient (Wildman–Crippen LogP) is 5.39. The highest BCUT2D eigenvalue weighted by molar-refractivity contribution is 5.49. The second-order valence-electron chi connectivity index (χ2n) is 7.54. The zero-order valence-corrected chi connectivity index (χ0v) is 16.1. The van der Waals surface area contributed by atoms with Gasteiger partial charge in [-0.1, -0.05) is 91.0 Å². The van der Waals surface area contributed by atoms with Crippen LogP contribution in [-0.4, -0.2) is 11.9 Å². The van der Waals surface area contributed by atoms with E-state index in [1.165, 1.54) is 0 Å². The first kappa shape index (κ1) is 18.4. The van der Waals surface area contributed by atoms with Crippen LogP contribution in [0.25, 0.3) is 0 Å². The molecule has 1 fully saturated rings. The van der Waals surface area contributed by atoms with Crippen molar-refractivity contribution in [3.05, 3.63) is 108 Å². The van der Waals surface area contributed by atoms with Crippen molar-refractivity contribution in [2.24, 2.45) is 0 Å². The van der Waals surface area contributed by atoms with Crippen LogP contribution in [0.15, 0.2) is 91.0 Å². The number of ether oxygens (including phenoxy) is 2. The Labute approximate surface area is 166 Å². The van der Waals surface area contributed by atoms with Gasteiger partial charge in [-0.25, -0.2) is 0 Å². The molecular weight excluding hydrogens is 346 g/mol. The second-order valence-corrected chi connectivity index (χ2v) is 7.54. The first-order chi connectivity index (χ1) is 13.6. The fourth-order valence-electron chi connectivity index (χ4n) is 4.05. The number of benzene rings is 3. The van der Waals surface area contributed by atoms with E-state index in [1.54, 1.807) is 0 Å². The van der Waals surface area contributed by atoms with E-state index in [0.717, 1.165) is 16.7 Å². The van der Waals surface area contributed by atoms with Gasteiger partial charge in [0.1, 0.15) is 17.6 Å². The minimum Gasteiger partial charge on any atom is -0.342 e. The molecule has 28 heavy (non-hydrogen) atoms. The molecule has 3 aromatic carbocycles. The number of hydrogen-bond donors (Lipinski definition) is 0. The van der Waals surface area contributed by atoms with Gasteiger partial charge in [-0.05, 0) is 30.5 Å². The van der Waals surface area contributed by atoms with Crippen LogP contribution in [0.2, 0.25) is 0 Å². The van der Waals surface area contributed by atoms with E-state index in [9.17, 15) is 5.26 Å². The molecule has 1 aliphatic rings. The first-order valence-corrected chi connectivity index (χ1v) is 9.50. The van der Waals surface area contributed by atoms with Crippen LogP contribution in [0.4, 0.5) is 0 Å². The van der Waals surface area contributed by atoms with Crippen molar-refractivity contribution in [3.8, 4) is 6.07 Å². The van der Waals surface area contributed by atoms with Gasteiger partial charge in [-0.15, -0.1) is 0 Å². The van der Waals surface area contributed by atoms with E-state index in [-0.39, 0.29) is 6.10 Å². The quantitative estimate of drug-likeness (QED) is 0.619. The van der Waals surface area contributed by atoms with Crippen molar-refractivity contribution in [1.82, 2.24) is 0 Å². The Morgan fingerprint density at radius 1 is 0.750 bits per heavy atom. The Bertz CT molecular complexity index is 922. The largest absolute Gasteiger partial charge is 0.342 e. The van der Waals surface area contributed by atoms with E-state index in [0.29, 0.717) is 0 Å². The van der Waals surface area contributed by atoms with Crippen LogP contribution in [0.1, 0.15) is 36.6 Å². The standard InChI is InChI=1S/C25H23NO2/c1-24(2)27-22(19-12-6-3-7-13-19)23(28-24)25(18-26,20-14-8-4-9-15-20)21-16-10-5-11-17-21/h3-17,22-23H,1-2H3/t22-,23+/m0/s1. The van der Waals surface area contributed by atoms with Crippen molar-refractivity contribution in [1.29, 1.82) is 5.26 Å². The molecule has 4 rings (SSSR count). The van der Waals surface area contributed by atoms with E-state index in [4.69, 9.17) is 9.47 Å².